The van der Waals surface area contributed by atoms with Crippen molar-refractivity contribution in [3.63, 3.8) is 0 Å². The second kappa shape index (κ2) is 8.08. The van der Waals surface area contributed by atoms with Crippen molar-refractivity contribution in [2.75, 3.05) is 36.2 Å². The van der Waals surface area contributed by atoms with E-state index in [1.165, 1.54) is 6.07 Å². The first-order valence-corrected chi connectivity index (χ1v) is 11.4. The molecule has 1 fully saturated rings. The van der Waals surface area contributed by atoms with Crippen molar-refractivity contribution in [1.29, 1.82) is 0 Å². The number of nitrogens with two attached hydrogens (primary N) is 1. The molecule has 10 heteroatoms. The number of halogens is 3. The van der Waals surface area contributed by atoms with Gasteiger partial charge in [-0.15, -0.1) is 0 Å². The van der Waals surface area contributed by atoms with Crippen LogP contribution in [0.2, 0.25) is 0 Å². The summed E-state index contributed by atoms with van der Waals surface area (Å²) in [5.74, 6) is 1.03. The van der Waals surface area contributed by atoms with E-state index in [4.69, 9.17) is 10.5 Å². The Bertz CT molecular complexity index is 1330. The molecule has 2 aromatic carbocycles. The number of fused-ring (bicyclic) bond motifs is 3. The number of hydrogen-bond donors (Lipinski definition) is 2. The van der Waals surface area contributed by atoms with Crippen LogP contribution in [0.4, 0.5) is 30.4 Å². The van der Waals surface area contributed by atoms with Crippen molar-refractivity contribution in [3.8, 4) is 0 Å². The average molecular weight is 486 g/mol. The smallest absolute Gasteiger partial charge is 0.399 e. The number of benzene rings is 2. The van der Waals surface area contributed by atoms with Gasteiger partial charge in [0, 0.05) is 37.0 Å². The number of carbonyl (C=O) groups is 1. The fraction of sp³-hybridized carbons (Fsp3) is 0.400. The van der Waals surface area contributed by atoms with Gasteiger partial charge in [-0.25, -0.2) is 9.97 Å². The van der Waals surface area contributed by atoms with Crippen LogP contribution < -0.4 is 16.0 Å². The predicted molar refractivity (Wildman–Crippen MR) is 127 cm³/mol. The normalized spacial score (nSPS) is 18.2. The zero-order valence-electron chi connectivity index (χ0n) is 19.7. The topological polar surface area (TPSA) is 93.4 Å². The molecule has 35 heavy (non-hydrogen) atoms. The highest BCUT2D eigenvalue weighted by atomic mass is 19.4. The fourth-order valence-electron chi connectivity index (χ4n) is 5.18. The number of hydrogen-bond acceptors (Lipinski definition) is 6. The molecule has 3 heterocycles. The molecule has 2 aliphatic heterocycles. The van der Waals surface area contributed by atoms with E-state index >= 15 is 0 Å². The van der Waals surface area contributed by atoms with E-state index < -0.39 is 23.2 Å². The minimum atomic E-state index is -4.50. The Hall–Kier alpha value is -3.40. The number of aryl methyl sites for hydroxylation is 1. The summed E-state index contributed by atoms with van der Waals surface area (Å²) in [4.78, 5) is 24.1. The van der Waals surface area contributed by atoms with Crippen LogP contribution in [0.3, 0.4) is 0 Å². The molecule has 0 aliphatic carbocycles. The van der Waals surface area contributed by atoms with E-state index in [9.17, 15) is 18.0 Å². The summed E-state index contributed by atoms with van der Waals surface area (Å²) in [5, 5.41) is 3.92. The molecule has 2 aliphatic rings. The SMILES string of the molecule is Cc1nc(NC(C)c2cc(N)cc(C(F)(F)F)c2)c2cc3c(cc2n1)C1(CCOCC1)C(=O)N3C. The first-order chi connectivity index (χ1) is 16.5. The first-order valence-electron chi connectivity index (χ1n) is 11.4. The number of rotatable bonds is 3. The van der Waals surface area contributed by atoms with Crippen molar-refractivity contribution in [2.24, 2.45) is 0 Å². The number of carbonyl (C=O) groups excluding carboxylic acids is 1. The second-order valence-electron chi connectivity index (χ2n) is 9.32. The van der Waals surface area contributed by atoms with Crippen LogP contribution in [0.25, 0.3) is 10.9 Å². The van der Waals surface area contributed by atoms with Gasteiger partial charge in [0.25, 0.3) is 0 Å². The molecule has 0 saturated carbocycles. The van der Waals surface area contributed by atoms with Crippen LogP contribution in [0, 0.1) is 6.92 Å². The van der Waals surface area contributed by atoms with Crippen molar-refractivity contribution >= 4 is 34.0 Å². The molecule has 3 aromatic rings. The van der Waals surface area contributed by atoms with E-state index in [1.807, 2.05) is 12.1 Å². The van der Waals surface area contributed by atoms with Gasteiger partial charge in [0.15, 0.2) is 0 Å². The summed E-state index contributed by atoms with van der Waals surface area (Å²) in [6.45, 7) is 4.54. The zero-order valence-corrected chi connectivity index (χ0v) is 19.7. The lowest BCUT2D eigenvalue weighted by Gasteiger charge is -2.32. The van der Waals surface area contributed by atoms with Crippen LogP contribution in [0.1, 0.15) is 48.3 Å². The van der Waals surface area contributed by atoms with E-state index in [0.717, 1.165) is 23.4 Å². The highest BCUT2D eigenvalue weighted by molar-refractivity contribution is 6.10. The standard InChI is InChI=1S/C25H26F3N5O2/c1-13(15-8-16(25(26,27)28)10-17(29)9-15)30-22-18-11-21-19(12-20(18)31-14(2)32-22)24(23(34)33(21)3)4-6-35-7-5-24/h8-13H,4-7,29H2,1-3H3,(H,30,31,32). The van der Waals surface area contributed by atoms with Gasteiger partial charge in [0.1, 0.15) is 11.6 Å². The molecular formula is C25H26F3N5O2. The predicted octanol–water partition coefficient (Wildman–Crippen LogP) is 4.74. The Kier molecular flexibility index (Phi) is 5.39. The Morgan fingerprint density at radius 3 is 2.54 bits per heavy atom. The summed E-state index contributed by atoms with van der Waals surface area (Å²) in [6.07, 6.45) is -3.28. The molecule has 184 valence electrons. The van der Waals surface area contributed by atoms with Crippen molar-refractivity contribution < 1.29 is 22.7 Å². The lowest BCUT2D eigenvalue weighted by molar-refractivity contribution is -0.137. The number of nitrogens with zero attached hydrogens (tertiary/aromatic N) is 3. The molecule has 1 atom stereocenters. The summed E-state index contributed by atoms with van der Waals surface area (Å²) >= 11 is 0. The summed E-state index contributed by atoms with van der Waals surface area (Å²) < 4.78 is 45.4. The van der Waals surface area contributed by atoms with Gasteiger partial charge in [-0.05, 0) is 68.1 Å². The van der Waals surface area contributed by atoms with Crippen LogP contribution in [-0.4, -0.2) is 36.1 Å². The molecule has 0 bridgehead atoms. The first kappa shape index (κ1) is 23.3. The largest absolute Gasteiger partial charge is 0.416 e. The monoisotopic (exact) mass is 485 g/mol. The number of nitrogens with one attached hydrogen (secondary N) is 1. The van der Waals surface area contributed by atoms with Crippen LogP contribution in [0.5, 0.6) is 0 Å². The number of aromatic nitrogens is 2. The van der Waals surface area contributed by atoms with Gasteiger partial charge in [-0.1, -0.05) is 0 Å². The number of nitrogen functional groups attached to an aromatic ring is 1. The van der Waals surface area contributed by atoms with E-state index in [2.05, 4.69) is 15.3 Å². The highest BCUT2D eigenvalue weighted by Crippen LogP contribution is 2.49. The van der Waals surface area contributed by atoms with Crippen LogP contribution in [0.15, 0.2) is 30.3 Å². The molecule has 1 saturated heterocycles. The highest BCUT2D eigenvalue weighted by Gasteiger charge is 2.50. The van der Waals surface area contributed by atoms with Gasteiger partial charge in [-0.2, -0.15) is 13.2 Å². The zero-order chi connectivity index (χ0) is 25.1. The van der Waals surface area contributed by atoms with Gasteiger partial charge < -0.3 is 20.7 Å². The summed E-state index contributed by atoms with van der Waals surface area (Å²) in [5.41, 5.74) is 7.15. The Labute approximate surface area is 200 Å². The maximum absolute atomic E-state index is 13.3. The minimum Gasteiger partial charge on any atom is -0.399 e. The van der Waals surface area contributed by atoms with Gasteiger partial charge in [0.05, 0.1) is 22.5 Å². The minimum absolute atomic E-state index is 0.0342. The lowest BCUT2D eigenvalue weighted by Crippen LogP contribution is -2.42. The number of amides is 1. The van der Waals surface area contributed by atoms with E-state index in [0.29, 0.717) is 54.2 Å². The molecule has 1 spiro atoms. The quantitative estimate of drug-likeness (QED) is 0.521. The molecule has 5 rings (SSSR count). The third kappa shape index (κ3) is 3.85. The summed E-state index contributed by atoms with van der Waals surface area (Å²) in [7, 11) is 1.76. The van der Waals surface area contributed by atoms with Crippen molar-refractivity contribution in [3.05, 3.63) is 52.8 Å². The molecule has 7 nitrogen and oxygen atoms in total. The third-order valence-corrected chi connectivity index (χ3v) is 7.02. The van der Waals surface area contributed by atoms with Crippen molar-refractivity contribution in [1.82, 2.24) is 9.97 Å². The van der Waals surface area contributed by atoms with Crippen molar-refractivity contribution in [2.45, 2.75) is 44.3 Å². The maximum atomic E-state index is 13.3. The number of anilines is 3. The van der Waals surface area contributed by atoms with Gasteiger partial charge in [-0.3, -0.25) is 4.79 Å². The number of alkyl halides is 3. The van der Waals surface area contributed by atoms with Crippen LogP contribution >= 0.6 is 0 Å². The average Bonchev–Trinajstić information content (AvgIpc) is 2.99. The van der Waals surface area contributed by atoms with Gasteiger partial charge in [0.2, 0.25) is 5.91 Å². The Morgan fingerprint density at radius 1 is 1.14 bits per heavy atom. The van der Waals surface area contributed by atoms with E-state index in [1.54, 1.807) is 25.8 Å². The van der Waals surface area contributed by atoms with E-state index in [-0.39, 0.29) is 11.6 Å². The second-order valence-corrected chi connectivity index (χ2v) is 9.32. The molecule has 0 radical (unpaired) electrons. The fourth-order valence-corrected chi connectivity index (χ4v) is 5.18. The molecule has 3 N–H and O–H groups in total. The number of likely N-dealkylation sites (N-methyl/N-ethyl adjacent to an activating group) is 1. The number of ether oxygens (including phenoxy) is 1. The van der Waals surface area contributed by atoms with Gasteiger partial charge >= 0.3 is 6.18 Å². The molecular weight excluding hydrogens is 459 g/mol. The Morgan fingerprint density at radius 2 is 1.86 bits per heavy atom. The molecule has 1 amide bonds. The summed E-state index contributed by atoms with van der Waals surface area (Å²) in [6, 6.07) is 6.84. The Balaban J connectivity index is 1.58. The maximum Gasteiger partial charge on any atom is 0.416 e. The lowest BCUT2D eigenvalue weighted by atomic mass is 9.75. The molecule has 1 unspecified atom stereocenters. The van der Waals surface area contributed by atoms with Crippen LogP contribution in [-0.2, 0) is 21.1 Å². The third-order valence-electron chi connectivity index (χ3n) is 7.02. The molecule has 1 aromatic heterocycles.